The molecule has 0 fully saturated rings. The lowest BCUT2D eigenvalue weighted by Gasteiger charge is -2.42. The summed E-state index contributed by atoms with van der Waals surface area (Å²) in [6.45, 7) is 30.4. The van der Waals surface area contributed by atoms with Crippen LogP contribution in [0.25, 0.3) is 106 Å². The molecule has 5 aliphatic carbocycles. The predicted octanol–water partition coefficient (Wildman–Crippen LogP) is 37.1. The van der Waals surface area contributed by atoms with Gasteiger partial charge in [0.15, 0.2) is 0 Å². The quantitative estimate of drug-likeness (QED) is 0.0673. The van der Waals surface area contributed by atoms with Gasteiger partial charge in [-0.3, -0.25) is 0 Å². The van der Waals surface area contributed by atoms with E-state index in [2.05, 4.69) is 486 Å². The van der Waals surface area contributed by atoms with E-state index in [4.69, 9.17) is 8.83 Å². The van der Waals surface area contributed by atoms with Crippen LogP contribution in [0.5, 0.6) is 0 Å². The first-order valence-electron chi connectivity index (χ1n) is 50.4. The Labute approximate surface area is 815 Å². The largest absolute Gasteiger partial charge is 0.456 e. The average Bonchev–Trinajstić information content (AvgIpc) is 1.65. The molecule has 22 rings (SSSR count). The third kappa shape index (κ3) is 17.2. The molecule has 6 nitrogen and oxygen atoms in total. The Morgan fingerprint density at radius 2 is 0.928 bits per heavy atom. The van der Waals surface area contributed by atoms with Crippen LogP contribution in [0.15, 0.2) is 401 Å². The standard InChI is InChI=1S/C132H124N4O2/c1-84(2)92-48-63-123(115(71-92)88-32-20-14-21-33-88)133(106-40-28-18-29-41-106)110-55-44-95-74-119-120-75-96-45-56-111(68-100(96)80-128(120)137-127(119)79-99(95)67-110)134(107-42-30-19-31-43-107)125-65-50-94(73-117(125)90-36-24-16-25-37-90)87(7)66-103-78-126(118(83-114(103)86(5)6)91-38-26-17-27-39-91)136(109-61-53-105(54-62-109)132(11,12)13)113-58-47-98-77-122-121-76-97-46-57-112(69-101(97)81-129(121)138-130(122)82-102(98)70-113)135(108-59-51-104(52-60-108)131(8,9)10)124-64-49-93(85(3)4)72-116(124)89-34-22-15-23-35-89/h14-44,47-55,58-59,61-65,67-71,73-75,77-87,93,97,108H,45-46,56-57,60,66,72,76H2,1-13H3. The molecule has 4 atom stereocenters. The molecule has 15 aromatic carbocycles. The monoisotopic (exact) mass is 1800 g/mol. The fraction of sp³-hybridized carbons (Fsp3) is 0.227. The van der Waals surface area contributed by atoms with Crippen molar-refractivity contribution in [2.24, 2.45) is 23.2 Å². The molecule has 4 unspecified atom stereocenters. The second kappa shape index (κ2) is 36.6. The van der Waals surface area contributed by atoms with E-state index in [1.807, 2.05) is 0 Å². The summed E-state index contributed by atoms with van der Waals surface area (Å²) in [5, 5.41) is 8.13. The highest BCUT2D eigenvalue weighted by Gasteiger charge is 2.37. The highest BCUT2D eigenvalue weighted by Crippen LogP contribution is 2.53. The van der Waals surface area contributed by atoms with Crippen molar-refractivity contribution in [1.82, 2.24) is 4.90 Å². The van der Waals surface area contributed by atoms with Crippen LogP contribution < -0.4 is 14.7 Å². The van der Waals surface area contributed by atoms with Crippen LogP contribution >= 0.6 is 0 Å². The number of hydrogen-bond acceptors (Lipinski definition) is 6. The van der Waals surface area contributed by atoms with Gasteiger partial charge in [0.1, 0.15) is 22.5 Å². The van der Waals surface area contributed by atoms with Gasteiger partial charge in [-0.15, -0.1) is 0 Å². The molecule has 0 radical (unpaired) electrons. The molecule has 17 aromatic rings. The summed E-state index contributed by atoms with van der Waals surface area (Å²) in [5.74, 6) is 3.13. The number of furan rings is 2. The Balaban J connectivity index is 0.606. The topological polar surface area (TPSA) is 39.2 Å². The van der Waals surface area contributed by atoms with Gasteiger partial charge in [-0.05, 0) is 355 Å². The van der Waals surface area contributed by atoms with Gasteiger partial charge in [-0.25, -0.2) is 0 Å². The Hall–Kier alpha value is -14.5. The van der Waals surface area contributed by atoms with Gasteiger partial charge in [0, 0.05) is 83.9 Å². The van der Waals surface area contributed by atoms with Gasteiger partial charge in [0.2, 0.25) is 0 Å². The van der Waals surface area contributed by atoms with Crippen LogP contribution in [0, 0.1) is 23.2 Å². The lowest BCUT2D eigenvalue weighted by Crippen LogP contribution is -2.36. The van der Waals surface area contributed by atoms with Crippen molar-refractivity contribution < 1.29 is 8.83 Å². The van der Waals surface area contributed by atoms with E-state index < -0.39 is 0 Å². The van der Waals surface area contributed by atoms with E-state index >= 15 is 0 Å². The number of hydrogen-bond donors (Lipinski definition) is 0. The summed E-state index contributed by atoms with van der Waals surface area (Å²) >= 11 is 0. The second-order valence-corrected chi connectivity index (χ2v) is 42.5. The second-order valence-electron chi connectivity index (χ2n) is 42.5. The zero-order valence-corrected chi connectivity index (χ0v) is 82.1. The van der Waals surface area contributed by atoms with Crippen LogP contribution in [0.3, 0.4) is 0 Å². The van der Waals surface area contributed by atoms with Crippen molar-refractivity contribution in [3.8, 4) is 33.4 Å². The van der Waals surface area contributed by atoms with E-state index in [1.54, 1.807) is 0 Å². The van der Waals surface area contributed by atoms with Crippen LogP contribution in [-0.4, -0.2) is 10.9 Å². The molecule has 138 heavy (non-hydrogen) atoms. The van der Waals surface area contributed by atoms with Crippen molar-refractivity contribution >= 4 is 118 Å². The number of nitrogens with zero attached hydrogens (tertiary/aromatic N) is 4. The summed E-state index contributed by atoms with van der Waals surface area (Å²) in [5.41, 5.74) is 38.7. The van der Waals surface area contributed by atoms with E-state index in [1.165, 1.54) is 133 Å². The zero-order valence-electron chi connectivity index (χ0n) is 82.1. The molecule has 0 N–H and O–H groups in total. The predicted molar refractivity (Wildman–Crippen MR) is 586 cm³/mol. The van der Waals surface area contributed by atoms with Crippen LogP contribution in [0.2, 0.25) is 0 Å². The SMILES string of the molecule is CC(C)c1ccc(N(c2ccccc2)c2ccc3cc4c(cc3c2)oc2cc3c(cc24)CCC(N(c2ccccc2)c2ccc(C(C)Cc4cc(N(c5ccc(C(C)(C)C)cc5)c5ccc6cc7c8c(oc7cc6c5)C=C5C=C(N(C6=C(c7ccccc7)CC(C(C)C)C=C6)C6C=CC(C(C)(C)C)=CC6)CCC5C8)c(-c5ccccc5)cc4C(C)C)cc2-c2ccccc2)=C3)c(-c2ccccc2)c1. The van der Waals surface area contributed by atoms with Crippen molar-refractivity contribution in [2.45, 2.75) is 171 Å². The third-order valence-electron chi connectivity index (χ3n) is 30.3. The Morgan fingerprint density at radius 1 is 0.391 bits per heavy atom. The number of benzene rings is 15. The molecule has 0 spiro atoms. The summed E-state index contributed by atoms with van der Waals surface area (Å²) < 4.78 is 14.3. The van der Waals surface area contributed by atoms with Crippen molar-refractivity contribution in [1.29, 1.82) is 0 Å². The smallest absolute Gasteiger partial charge is 0.136 e. The average molecular weight is 1800 g/mol. The molecule has 2 heterocycles. The van der Waals surface area contributed by atoms with Crippen molar-refractivity contribution in [3.63, 3.8) is 0 Å². The van der Waals surface area contributed by atoms with E-state index in [9.17, 15) is 0 Å². The minimum absolute atomic E-state index is 0.0435. The fourth-order valence-corrected chi connectivity index (χ4v) is 22.5. The van der Waals surface area contributed by atoms with Gasteiger partial charge in [-0.1, -0.05) is 308 Å². The molecule has 5 aliphatic rings. The Morgan fingerprint density at radius 3 is 1.51 bits per heavy atom. The number of fused-ring (bicyclic) bond motifs is 10. The maximum Gasteiger partial charge on any atom is 0.136 e. The molecular weight excluding hydrogens is 1670 g/mol. The van der Waals surface area contributed by atoms with Crippen LogP contribution in [0.4, 0.5) is 45.5 Å². The first kappa shape index (κ1) is 88.8. The normalized spacial score (nSPS) is 16.3. The Bertz CT molecular complexity index is 7750. The number of para-hydroxylation sites is 2. The molecule has 684 valence electrons. The minimum atomic E-state index is -0.0435. The third-order valence-corrected chi connectivity index (χ3v) is 30.3. The highest BCUT2D eigenvalue weighted by atomic mass is 16.3. The van der Waals surface area contributed by atoms with Crippen molar-refractivity contribution in [3.05, 3.63) is 448 Å². The first-order valence-corrected chi connectivity index (χ1v) is 50.4. The van der Waals surface area contributed by atoms with Gasteiger partial charge < -0.3 is 28.4 Å². The molecule has 0 saturated carbocycles. The molecule has 0 aliphatic heterocycles. The van der Waals surface area contributed by atoms with E-state index in [0.717, 1.165) is 141 Å². The summed E-state index contributed by atoms with van der Waals surface area (Å²) in [4.78, 5) is 10.2. The van der Waals surface area contributed by atoms with Crippen LogP contribution in [0.1, 0.15) is 196 Å². The van der Waals surface area contributed by atoms with Crippen LogP contribution in [-0.2, 0) is 24.7 Å². The molecular formula is C132H124N4O2. The van der Waals surface area contributed by atoms with Gasteiger partial charge >= 0.3 is 0 Å². The minimum Gasteiger partial charge on any atom is -0.456 e. The number of allylic oxidation sites excluding steroid dienone is 9. The van der Waals surface area contributed by atoms with Gasteiger partial charge in [0.05, 0.1) is 23.1 Å². The van der Waals surface area contributed by atoms with Crippen molar-refractivity contribution in [2.75, 3.05) is 14.7 Å². The highest BCUT2D eigenvalue weighted by molar-refractivity contribution is 6.12. The fourth-order valence-electron chi connectivity index (χ4n) is 22.5. The van der Waals surface area contributed by atoms with E-state index in [-0.39, 0.29) is 28.7 Å². The summed E-state index contributed by atoms with van der Waals surface area (Å²) in [6.07, 6.45) is 27.4. The maximum atomic E-state index is 7.24. The van der Waals surface area contributed by atoms with Gasteiger partial charge in [0.25, 0.3) is 0 Å². The lowest BCUT2D eigenvalue weighted by molar-refractivity contribution is 0.335. The first-order chi connectivity index (χ1) is 67.0. The zero-order chi connectivity index (χ0) is 94.4. The molecule has 0 amide bonds. The number of rotatable bonds is 22. The molecule has 0 saturated heterocycles. The number of aryl methyl sites for hydroxylation is 1. The van der Waals surface area contributed by atoms with E-state index in [0.29, 0.717) is 23.7 Å². The maximum absolute atomic E-state index is 7.24. The summed E-state index contributed by atoms with van der Waals surface area (Å²) in [7, 11) is 0. The molecule has 6 heteroatoms. The Kier molecular flexibility index (Phi) is 23.5. The summed E-state index contributed by atoms with van der Waals surface area (Å²) in [6, 6.07) is 123. The molecule has 0 bridgehead atoms. The van der Waals surface area contributed by atoms with Gasteiger partial charge in [-0.2, -0.15) is 0 Å². The molecule has 2 aromatic heterocycles. The lowest BCUT2D eigenvalue weighted by atomic mass is 9.77. The number of anilines is 8.